The van der Waals surface area contributed by atoms with Crippen LogP contribution in [0, 0.1) is 0 Å². The topological polar surface area (TPSA) is 190 Å². The molecule has 10 nitrogen and oxygen atoms in total. The van der Waals surface area contributed by atoms with Gasteiger partial charge in [-0.05, 0) is 12.1 Å². The summed E-state index contributed by atoms with van der Waals surface area (Å²) < 4.78 is 0. The third-order valence-corrected chi connectivity index (χ3v) is 1.20. The molecule has 0 radical (unpaired) electrons. The number of carboxylic acid groups (broad SMARTS) is 4. The zero-order valence-corrected chi connectivity index (χ0v) is 9.63. The molecule has 0 aliphatic heterocycles. The van der Waals surface area contributed by atoms with Crippen molar-refractivity contribution >= 4 is 23.9 Å². The summed E-state index contributed by atoms with van der Waals surface area (Å²) in [6, 6.07) is 5.85. The fourth-order valence-electron chi connectivity index (χ4n) is 0.493. The van der Waals surface area contributed by atoms with Crippen molar-refractivity contribution in [2.75, 3.05) is 0 Å². The Hall–Kier alpha value is -3.30. The first kappa shape index (κ1) is 19.0. The van der Waals surface area contributed by atoms with Gasteiger partial charge in [-0.1, -0.05) is 6.07 Å². The molecule has 0 fully saturated rings. The SMILES string of the molecule is O=C(O)C(=O)O.O=C(O)C(=O)O.Oc1cccc(O)c1. The van der Waals surface area contributed by atoms with Gasteiger partial charge in [0.2, 0.25) is 0 Å². The number of phenolic OH excluding ortho intramolecular Hbond substituents is 2. The van der Waals surface area contributed by atoms with Gasteiger partial charge < -0.3 is 30.6 Å². The molecule has 1 aromatic rings. The number of hydrogen-bond donors (Lipinski definition) is 6. The summed E-state index contributed by atoms with van der Waals surface area (Å²) in [5, 5.41) is 46.9. The van der Waals surface area contributed by atoms with Gasteiger partial charge in [-0.25, -0.2) is 19.2 Å². The average molecular weight is 290 g/mol. The molecule has 10 heteroatoms. The second kappa shape index (κ2) is 9.70. The van der Waals surface area contributed by atoms with E-state index in [1.807, 2.05) is 0 Å². The lowest BCUT2D eigenvalue weighted by Gasteiger charge is -1.89. The maximum atomic E-state index is 9.10. The van der Waals surface area contributed by atoms with Crippen LogP contribution >= 0.6 is 0 Å². The van der Waals surface area contributed by atoms with Crippen LogP contribution in [0.5, 0.6) is 11.5 Å². The van der Waals surface area contributed by atoms with E-state index in [2.05, 4.69) is 0 Å². The van der Waals surface area contributed by atoms with Gasteiger partial charge in [0.15, 0.2) is 0 Å². The zero-order chi connectivity index (χ0) is 16.3. The van der Waals surface area contributed by atoms with Crippen molar-refractivity contribution in [3.05, 3.63) is 24.3 Å². The lowest BCUT2D eigenvalue weighted by molar-refractivity contribution is -0.159. The highest BCUT2D eigenvalue weighted by atomic mass is 16.4. The third-order valence-electron chi connectivity index (χ3n) is 1.20. The highest BCUT2D eigenvalue weighted by Gasteiger charge is 2.04. The van der Waals surface area contributed by atoms with Gasteiger partial charge >= 0.3 is 23.9 Å². The molecule has 0 spiro atoms. The highest BCUT2D eigenvalue weighted by Crippen LogP contribution is 2.14. The third kappa shape index (κ3) is 12.8. The summed E-state index contributed by atoms with van der Waals surface area (Å²) in [6.07, 6.45) is 0. The highest BCUT2D eigenvalue weighted by molar-refractivity contribution is 6.27. The lowest BCUT2D eigenvalue weighted by Crippen LogP contribution is -2.09. The van der Waals surface area contributed by atoms with Gasteiger partial charge in [0.1, 0.15) is 11.5 Å². The van der Waals surface area contributed by atoms with Gasteiger partial charge in [0.05, 0.1) is 0 Å². The minimum Gasteiger partial charge on any atom is -0.508 e. The average Bonchev–Trinajstić information content (AvgIpc) is 2.29. The second-order valence-corrected chi connectivity index (χ2v) is 2.74. The lowest BCUT2D eigenvalue weighted by atomic mass is 10.3. The molecule has 0 bridgehead atoms. The predicted molar refractivity (Wildman–Crippen MR) is 60.3 cm³/mol. The molecule has 0 aliphatic carbocycles. The van der Waals surface area contributed by atoms with Crippen molar-refractivity contribution in [2.45, 2.75) is 0 Å². The van der Waals surface area contributed by atoms with E-state index in [-0.39, 0.29) is 11.5 Å². The number of aromatic hydroxyl groups is 2. The minimum atomic E-state index is -1.82. The molecule has 0 aliphatic rings. The first-order chi connectivity index (χ1) is 9.07. The van der Waals surface area contributed by atoms with E-state index in [9.17, 15) is 0 Å². The van der Waals surface area contributed by atoms with Gasteiger partial charge in [0.25, 0.3) is 0 Å². The molecule has 0 saturated carbocycles. The number of hydrogen-bond acceptors (Lipinski definition) is 6. The maximum absolute atomic E-state index is 9.10. The maximum Gasteiger partial charge on any atom is 0.414 e. The van der Waals surface area contributed by atoms with Crippen LogP contribution in [0.25, 0.3) is 0 Å². The molecule has 0 atom stereocenters. The molecule has 0 aromatic heterocycles. The van der Waals surface area contributed by atoms with E-state index in [0.717, 1.165) is 0 Å². The monoisotopic (exact) mass is 290 g/mol. The Bertz CT molecular complexity index is 427. The number of benzene rings is 1. The molecule has 20 heavy (non-hydrogen) atoms. The number of carbonyl (C=O) groups is 4. The van der Waals surface area contributed by atoms with Crippen LogP contribution < -0.4 is 0 Å². The zero-order valence-electron chi connectivity index (χ0n) is 9.63. The summed E-state index contributed by atoms with van der Waals surface area (Å²) >= 11 is 0. The van der Waals surface area contributed by atoms with Crippen LogP contribution in [0.15, 0.2) is 24.3 Å². The molecule has 6 N–H and O–H groups in total. The van der Waals surface area contributed by atoms with Crippen molar-refractivity contribution in [3.63, 3.8) is 0 Å². The van der Waals surface area contributed by atoms with Crippen LogP contribution in [-0.2, 0) is 19.2 Å². The van der Waals surface area contributed by atoms with Crippen LogP contribution in [0.1, 0.15) is 0 Å². The quantitative estimate of drug-likeness (QED) is 0.336. The Balaban J connectivity index is 0. The molecule has 0 unspecified atom stereocenters. The molecule has 0 amide bonds. The van der Waals surface area contributed by atoms with Crippen LogP contribution in [0.4, 0.5) is 0 Å². The Morgan fingerprint density at radius 1 is 0.650 bits per heavy atom. The Kier molecular flexibility index (Phi) is 9.24. The van der Waals surface area contributed by atoms with Crippen molar-refractivity contribution in [3.8, 4) is 11.5 Å². The fraction of sp³-hybridized carbons (Fsp3) is 0. The molecular formula is C10H10O10. The Morgan fingerprint density at radius 2 is 0.900 bits per heavy atom. The number of rotatable bonds is 0. The van der Waals surface area contributed by atoms with Gasteiger partial charge in [-0.15, -0.1) is 0 Å². The summed E-state index contributed by atoms with van der Waals surface area (Å²) in [6.45, 7) is 0. The van der Waals surface area contributed by atoms with E-state index < -0.39 is 23.9 Å². The summed E-state index contributed by atoms with van der Waals surface area (Å²) in [7, 11) is 0. The van der Waals surface area contributed by atoms with E-state index in [1.54, 1.807) is 6.07 Å². The van der Waals surface area contributed by atoms with E-state index in [4.69, 9.17) is 49.8 Å². The molecule has 1 rings (SSSR count). The molecule has 0 heterocycles. The van der Waals surface area contributed by atoms with Crippen LogP contribution in [0.3, 0.4) is 0 Å². The summed E-state index contributed by atoms with van der Waals surface area (Å²) in [5.41, 5.74) is 0. The van der Waals surface area contributed by atoms with Gasteiger partial charge in [-0.3, -0.25) is 0 Å². The van der Waals surface area contributed by atoms with E-state index in [1.165, 1.54) is 18.2 Å². The summed E-state index contributed by atoms with van der Waals surface area (Å²) in [5.74, 6) is -7.12. The summed E-state index contributed by atoms with van der Waals surface area (Å²) in [4.78, 5) is 36.4. The van der Waals surface area contributed by atoms with Crippen molar-refractivity contribution in [2.24, 2.45) is 0 Å². The molecular weight excluding hydrogens is 280 g/mol. The van der Waals surface area contributed by atoms with E-state index in [0.29, 0.717) is 0 Å². The normalized spacial score (nSPS) is 8.00. The van der Waals surface area contributed by atoms with Crippen LogP contribution in [0.2, 0.25) is 0 Å². The Morgan fingerprint density at radius 3 is 1.00 bits per heavy atom. The van der Waals surface area contributed by atoms with Crippen molar-refractivity contribution in [1.29, 1.82) is 0 Å². The molecule has 0 saturated heterocycles. The first-order valence-corrected chi connectivity index (χ1v) is 4.48. The molecule has 1 aromatic carbocycles. The smallest absolute Gasteiger partial charge is 0.414 e. The second-order valence-electron chi connectivity index (χ2n) is 2.74. The van der Waals surface area contributed by atoms with Gasteiger partial charge in [0, 0.05) is 6.07 Å². The minimum absolute atomic E-state index is 0.0880. The largest absolute Gasteiger partial charge is 0.508 e. The standard InChI is InChI=1S/C6H6O2.2C2H2O4/c7-5-2-1-3-6(8)4-5;2*3-1(4)2(5)6/h1-4,7-8H;2*(H,3,4)(H,5,6). The number of phenols is 2. The number of aliphatic carboxylic acids is 4. The molecule has 110 valence electrons. The number of carboxylic acids is 4. The van der Waals surface area contributed by atoms with Gasteiger partial charge in [-0.2, -0.15) is 0 Å². The Labute approximate surface area is 110 Å². The predicted octanol–water partition coefficient (Wildman–Crippen LogP) is -0.591. The van der Waals surface area contributed by atoms with Crippen molar-refractivity contribution < 1.29 is 49.8 Å². The van der Waals surface area contributed by atoms with E-state index >= 15 is 0 Å². The first-order valence-electron chi connectivity index (χ1n) is 4.48. The fourth-order valence-corrected chi connectivity index (χ4v) is 0.493. The van der Waals surface area contributed by atoms with Crippen molar-refractivity contribution in [1.82, 2.24) is 0 Å². The van der Waals surface area contributed by atoms with Crippen LogP contribution in [-0.4, -0.2) is 54.5 Å².